The van der Waals surface area contributed by atoms with Crippen molar-refractivity contribution in [3.05, 3.63) is 0 Å². The van der Waals surface area contributed by atoms with Gasteiger partial charge in [-0.25, -0.2) is 0 Å². The summed E-state index contributed by atoms with van der Waals surface area (Å²) in [7, 11) is 2.27. The maximum absolute atomic E-state index is 11.2. The molecule has 2 aliphatic heterocycles. The summed E-state index contributed by atoms with van der Waals surface area (Å²) in [5.41, 5.74) is 0. The van der Waals surface area contributed by atoms with Crippen molar-refractivity contribution in [1.82, 2.24) is 0 Å². The maximum atomic E-state index is 11.2. The van der Waals surface area contributed by atoms with Crippen molar-refractivity contribution < 1.29 is 9.53 Å². The van der Waals surface area contributed by atoms with Crippen LogP contribution in [0.3, 0.4) is 0 Å². The minimum Gasteiger partial charge on any atom is -0.465 e. The lowest BCUT2D eigenvalue weighted by Gasteiger charge is -2.09. The highest BCUT2D eigenvalue weighted by atomic mass is 16.5. The predicted molar refractivity (Wildman–Crippen MR) is 42.5 cm³/mol. The van der Waals surface area contributed by atoms with Gasteiger partial charge >= 0.3 is 5.97 Å². The average Bonchev–Trinajstić information content (AvgIpc) is 2.41. The third-order valence-corrected chi connectivity index (χ3v) is 3.00. The quantitative estimate of drug-likeness (QED) is 0.383. The first-order valence-electron chi connectivity index (χ1n) is 4.22. The molecule has 2 nitrogen and oxygen atoms in total. The molecule has 0 aliphatic carbocycles. The van der Waals surface area contributed by atoms with Crippen molar-refractivity contribution in [1.29, 1.82) is 0 Å². The van der Waals surface area contributed by atoms with E-state index >= 15 is 0 Å². The third-order valence-electron chi connectivity index (χ3n) is 3.00. The van der Waals surface area contributed by atoms with Crippen LogP contribution in [0.2, 0.25) is 11.6 Å². The van der Waals surface area contributed by atoms with Gasteiger partial charge in [-0.05, 0) is 0 Å². The Morgan fingerprint density at radius 1 is 1.45 bits per heavy atom. The van der Waals surface area contributed by atoms with Gasteiger partial charge in [0.2, 0.25) is 0 Å². The van der Waals surface area contributed by atoms with Gasteiger partial charge < -0.3 is 4.74 Å². The highest BCUT2D eigenvalue weighted by Gasteiger charge is 2.48. The van der Waals surface area contributed by atoms with Gasteiger partial charge in [0.15, 0.2) is 0 Å². The molecule has 0 N–H and O–H groups in total. The third kappa shape index (κ3) is 0.899. The Morgan fingerprint density at radius 2 is 2.18 bits per heavy atom. The van der Waals surface area contributed by atoms with Crippen LogP contribution in [-0.2, 0) is 9.53 Å². The summed E-state index contributed by atoms with van der Waals surface area (Å²) in [5.74, 6) is 1.64. The standard InChI is InChI=1S/C8H12BO2/c1-4-6-3-11-8(10)7(6)5(2)9-4/h4-7H,3H2,1-2H3. The molecule has 0 saturated carbocycles. The Bertz CT molecular complexity index is 193. The van der Waals surface area contributed by atoms with Crippen molar-refractivity contribution in [3.63, 3.8) is 0 Å². The molecule has 2 aliphatic rings. The van der Waals surface area contributed by atoms with Crippen LogP contribution in [0.1, 0.15) is 13.8 Å². The Labute approximate surface area is 67.5 Å². The first kappa shape index (κ1) is 7.20. The molecule has 1 radical (unpaired) electrons. The van der Waals surface area contributed by atoms with Crippen molar-refractivity contribution in [2.45, 2.75) is 25.5 Å². The number of fused-ring (bicyclic) bond motifs is 1. The van der Waals surface area contributed by atoms with Gasteiger partial charge in [0, 0.05) is 5.92 Å². The number of esters is 1. The van der Waals surface area contributed by atoms with Crippen LogP contribution < -0.4 is 0 Å². The summed E-state index contributed by atoms with van der Waals surface area (Å²) in [4.78, 5) is 11.2. The summed E-state index contributed by atoms with van der Waals surface area (Å²) in [6.45, 7) is 4.92. The molecule has 0 bridgehead atoms. The average molecular weight is 151 g/mol. The molecule has 11 heavy (non-hydrogen) atoms. The maximum Gasteiger partial charge on any atom is 0.308 e. The largest absolute Gasteiger partial charge is 0.465 e. The molecule has 2 heterocycles. The van der Waals surface area contributed by atoms with Crippen LogP contribution >= 0.6 is 0 Å². The second-order valence-electron chi connectivity index (χ2n) is 3.73. The van der Waals surface area contributed by atoms with Gasteiger partial charge in [0.25, 0.3) is 0 Å². The van der Waals surface area contributed by atoms with Crippen LogP contribution in [0.25, 0.3) is 0 Å². The molecule has 2 saturated heterocycles. The fourth-order valence-electron chi connectivity index (χ4n) is 2.38. The molecule has 4 atom stereocenters. The number of carbonyl (C=O) groups is 1. The molecule has 0 amide bonds. The number of cyclic esters (lactones) is 1. The van der Waals surface area contributed by atoms with Crippen LogP contribution in [0.4, 0.5) is 0 Å². The van der Waals surface area contributed by atoms with E-state index in [1.54, 1.807) is 0 Å². The molecule has 0 aromatic heterocycles. The minimum absolute atomic E-state index is 0.0168. The molecule has 4 unspecified atom stereocenters. The van der Waals surface area contributed by atoms with Gasteiger partial charge in [0.1, 0.15) is 7.28 Å². The summed E-state index contributed by atoms with van der Waals surface area (Å²) in [6.07, 6.45) is 0. The normalized spacial score (nSPS) is 48.4. The second kappa shape index (κ2) is 2.26. The molecule has 2 rings (SSSR count). The van der Waals surface area contributed by atoms with E-state index in [0.29, 0.717) is 24.2 Å². The summed E-state index contributed by atoms with van der Waals surface area (Å²) in [5, 5.41) is 0. The minimum atomic E-state index is 0.0168. The lowest BCUT2D eigenvalue weighted by molar-refractivity contribution is -0.141. The molecule has 2 fully saturated rings. The number of rotatable bonds is 0. The van der Waals surface area contributed by atoms with E-state index in [1.165, 1.54) is 0 Å². The molecule has 0 aromatic rings. The van der Waals surface area contributed by atoms with E-state index in [1.807, 2.05) is 0 Å². The van der Waals surface area contributed by atoms with Crippen LogP contribution in [0.5, 0.6) is 0 Å². The summed E-state index contributed by atoms with van der Waals surface area (Å²) in [6, 6.07) is 0. The van der Waals surface area contributed by atoms with E-state index in [-0.39, 0.29) is 11.9 Å². The van der Waals surface area contributed by atoms with E-state index in [2.05, 4.69) is 21.1 Å². The molecule has 59 valence electrons. The first-order valence-corrected chi connectivity index (χ1v) is 4.22. The fourth-order valence-corrected chi connectivity index (χ4v) is 2.38. The second-order valence-corrected chi connectivity index (χ2v) is 3.73. The Morgan fingerprint density at radius 3 is 2.82 bits per heavy atom. The van der Waals surface area contributed by atoms with Crippen LogP contribution in [-0.4, -0.2) is 19.9 Å². The predicted octanol–water partition coefficient (Wildman–Crippen LogP) is 1.11. The van der Waals surface area contributed by atoms with Gasteiger partial charge in [-0.15, -0.1) is 0 Å². The van der Waals surface area contributed by atoms with E-state index in [0.717, 1.165) is 0 Å². The van der Waals surface area contributed by atoms with E-state index in [4.69, 9.17) is 4.74 Å². The monoisotopic (exact) mass is 151 g/mol. The van der Waals surface area contributed by atoms with Crippen molar-refractivity contribution in [3.8, 4) is 0 Å². The zero-order chi connectivity index (χ0) is 8.01. The summed E-state index contributed by atoms with van der Waals surface area (Å²) < 4.78 is 5.00. The zero-order valence-electron chi connectivity index (χ0n) is 6.91. The highest BCUT2D eigenvalue weighted by Crippen LogP contribution is 2.46. The van der Waals surface area contributed by atoms with Gasteiger partial charge in [0.05, 0.1) is 12.5 Å². The smallest absolute Gasteiger partial charge is 0.308 e. The van der Waals surface area contributed by atoms with Gasteiger partial charge in [-0.1, -0.05) is 25.5 Å². The van der Waals surface area contributed by atoms with E-state index < -0.39 is 0 Å². The number of hydrogen-bond donors (Lipinski definition) is 0. The first-order chi connectivity index (χ1) is 5.20. The molecular formula is C8H12BO2. The number of carbonyl (C=O) groups excluding carboxylic acids is 1. The van der Waals surface area contributed by atoms with Crippen LogP contribution in [0, 0.1) is 11.8 Å². The van der Waals surface area contributed by atoms with Crippen molar-refractivity contribution >= 4 is 13.2 Å². The fraction of sp³-hybridized carbons (Fsp3) is 0.875. The molecule has 0 aromatic carbocycles. The molecule has 0 spiro atoms. The Balaban J connectivity index is 2.21. The highest BCUT2D eigenvalue weighted by molar-refractivity contribution is 6.42. The topological polar surface area (TPSA) is 26.3 Å². The van der Waals surface area contributed by atoms with Gasteiger partial charge in [-0.2, -0.15) is 0 Å². The molecule has 3 heteroatoms. The number of hydrogen-bond acceptors (Lipinski definition) is 2. The molecular weight excluding hydrogens is 139 g/mol. The van der Waals surface area contributed by atoms with E-state index in [9.17, 15) is 4.79 Å². The Hall–Kier alpha value is -0.465. The van der Waals surface area contributed by atoms with Crippen molar-refractivity contribution in [2.24, 2.45) is 11.8 Å². The lowest BCUT2D eigenvalue weighted by Crippen LogP contribution is -2.13. The SMILES string of the molecule is CC1[B]C(C)C2C(=O)OCC12. The van der Waals surface area contributed by atoms with Gasteiger partial charge in [-0.3, -0.25) is 4.79 Å². The summed E-state index contributed by atoms with van der Waals surface area (Å²) >= 11 is 0. The zero-order valence-corrected chi connectivity index (χ0v) is 6.91. The van der Waals surface area contributed by atoms with Crippen LogP contribution in [0.15, 0.2) is 0 Å². The Kier molecular flexibility index (Phi) is 1.48. The number of ether oxygens (including phenoxy) is 1. The lowest BCUT2D eigenvalue weighted by atomic mass is 9.60. The van der Waals surface area contributed by atoms with Crippen molar-refractivity contribution in [2.75, 3.05) is 6.61 Å².